The van der Waals surface area contributed by atoms with Gasteiger partial charge >= 0.3 is 5.97 Å². The Morgan fingerprint density at radius 1 is 1.09 bits per heavy atom. The van der Waals surface area contributed by atoms with Gasteiger partial charge in [0.2, 0.25) is 0 Å². The van der Waals surface area contributed by atoms with E-state index in [1.54, 1.807) is 68.6 Å². The number of carbonyl (C=O) groups excluding carboxylic acids is 2. The Kier molecular flexibility index (Phi) is 6.93. The summed E-state index contributed by atoms with van der Waals surface area (Å²) in [6, 6.07) is 13.7. The molecular formula is C24H20ClN5O4. The van der Waals surface area contributed by atoms with Crippen LogP contribution in [0.2, 0.25) is 5.02 Å². The fourth-order valence-electron chi connectivity index (χ4n) is 3.19. The van der Waals surface area contributed by atoms with E-state index in [1.807, 2.05) is 0 Å². The number of nitrogens with zero attached hydrogens (tertiary/aromatic N) is 5. The van der Waals surface area contributed by atoms with Gasteiger partial charge in [0.15, 0.2) is 0 Å². The highest BCUT2D eigenvalue weighted by atomic mass is 35.5. The number of hydrogen-bond acceptors (Lipinski definition) is 8. The molecule has 34 heavy (non-hydrogen) atoms. The molecule has 0 unspecified atom stereocenters. The van der Waals surface area contributed by atoms with Gasteiger partial charge in [0.1, 0.15) is 29.9 Å². The molecule has 4 rings (SSSR count). The molecule has 9 nitrogen and oxygen atoms in total. The normalized spacial score (nSPS) is 10.7. The van der Waals surface area contributed by atoms with Crippen LogP contribution in [-0.2, 0) is 11.3 Å². The lowest BCUT2D eigenvalue weighted by Crippen LogP contribution is -2.14. The van der Waals surface area contributed by atoms with E-state index in [0.717, 1.165) is 6.29 Å². The zero-order valence-corrected chi connectivity index (χ0v) is 19.2. The standard InChI is InChI=1S/C24H20ClN5O4/c1-3-33-23(32)21-15(2)26-24(27-22(21)17-6-8-18(25)9-7-17)30-12-19(28-29-30)14-34-20-10-4-16(13-31)5-11-20/h4-13H,3,14H2,1-2H3. The minimum Gasteiger partial charge on any atom is -0.487 e. The number of benzene rings is 2. The van der Waals surface area contributed by atoms with Crippen molar-refractivity contribution in [2.24, 2.45) is 0 Å². The maximum atomic E-state index is 12.6. The van der Waals surface area contributed by atoms with Crippen molar-refractivity contribution in [1.29, 1.82) is 0 Å². The number of rotatable bonds is 8. The SMILES string of the molecule is CCOC(=O)c1c(C)nc(-n2cc(COc3ccc(C=O)cc3)nn2)nc1-c1ccc(Cl)cc1. The molecule has 0 aliphatic rings. The third-order valence-corrected chi connectivity index (χ3v) is 5.08. The first-order chi connectivity index (χ1) is 16.5. The van der Waals surface area contributed by atoms with Gasteiger partial charge in [0.25, 0.3) is 5.95 Å². The number of aromatic nitrogens is 5. The minimum absolute atomic E-state index is 0.157. The molecule has 0 saturated heterocycles. The summed E-state index contributed by atoms with van der Waals surface area (Å²) in [5.74, 6) is 0.324. The summed E-state index contributed by atoms with van der Waals surface area (Å²) >= 11 is 6.03. The lowest BCUT2D eigenvalue weighted by molar-refractivity contribution is 0.0525. The second-order valence-electron chi connectivity index (χ2n) is 7.19. The maximum absolute atomic E-state index is 12.6. The zero-order chi connectivity index (χ0) is 24.1. The average Bonchev–Trinajstić information content (AvgIpc) is 3.32. The van der Waals surface area contributed by atoms with E-state index in [4.69, 9.17) is 21.1 Å². The van der Waals surface area contributed by atoms with Crippen molar-refractivity contribution in [2.75, 3.05) is 6.61 Å². The van der Waals surface area contributed by atoms with Gasteiger partial charge < -0.3 is 9.47 Å². The molecule has 0 atom stereocenters. The molecule has 0 spiro atoms. The second-order valence-corrected chi connectivity index (χ2v) is 7.63. The van der Waals surface area contributed by atoms with Crippen LogP contribution >= 0.6 is 11.6 Å². The Balaban J connectivity index is 1.64. The lowest BCUT2D eigenvalue weighted by atomic mass is 10.0. The number of aldehydes is 1. The largest absolute Gasteiger partial charge is 0.487 e. The summed E-state index contributed by atoms with van der Waals surface area (Å²) in [6.45, 7) is 3.83. The number of halogens is 1. The number of ether oxygens (including phenoxy) is 2. The van der Waals surface area contributed by atoms with Crippen LogP contribution in [0.25, 0.3) is 17.2 Å². The topological polar surface area (TPSA) is 109 Å². The van der Waals surface area contributed by atoms with Gasteiger partial charge in [-0.25, -0.2) is 14.8 Å². The number of aryl methyl sites for hydroxylation is 1. The van der Waals surface area contributed by atoms with E-state index in [-0.39, 0.29) is 24.7 Å². The molecule has 0 amide bonds. The van der Waals surface area contributed by atoms with E-state index in [2.05, 4.69) is 20.3 Å². The maximum Gasteiger partial charge on any atom is 0.342 e. The highest BCUT2D eigenvalue weighted by molar-refractivity contribution is 6.30. The fourth-order valence-corrected chi connectivity index (χ4v) is 3.31. The van der Waals surface area contributed by atoms with Crippen LogP contribution in [0.3, 0.4) is 0 Å². The van der Waals surface area contributed by atoms with Crippen LogP contribution in [0, 0.1) is 6.92 Å². The van der Waals surface area contributed by atoms with Gasteiger partial charge in [-0.05, 0) is 50.2 Å². The molecule has 172 valence electrons. The molecule has 0 saturated carbocycles. The second kappa shape index (κ2) is 10.2. The first-order valence-corrected chi connectivity index (χ1v) is 10.8. The zero-order valence-electron chi connectivity index (χ0n) is 18.4. The van der Waals surface area contributed by atoms with Gasteiger partial charge in [-0.3, -0.25) is 4.79 Å². The van der Waals surface area contributed by atoms with Crippen molar-refractivity contribution < 1.29 is 19.1 Å². The van der Waals surface area contributed by atoms with Crippen LogP contribution in [-0.4, -0.2) is 43.8 Å². The van der Waals surface area contributed by atoms with Gasteiger partial charge in [0, 0.05) is 16.1 Å². The van der Waals surface area contributed by atoms with Crippen molar-refractivity contribution in [1.82, 2.24) is 25.0 Å². The van der Waals surface area contributed by atoms with Gasteiger partial charge in [-0.15, -0.1) is 5.10 Å². The highest BCUT2D eigenvalue weighted by Gasteiger charge is 2.22. The Hall–Kier alpha value is -4.11. The summed E-state index contributed by atoms with van der Waals surface area (Å²) < 4.78 is 12.3. The smallest absolute Gasteiger partial charge is 0.342 e. The van der Waals surface area contributed by atoms with Crippen molar-refractivity contribution in [3.63, 3.8) is 0 Å². The van der Waals surface area contributed by atoms with Crippen LogP contribution in [0.1, 0.15) is 39.0 Å². The van der Waals surface area contributed by atoms with E-state index < -0.39 is 5.97 Å². The molecular weight excluding hydrogens is 458 g/mol. The van der Waals surface area contributed by atoms with E-state index in [1.165, 1.54) is 4.68 Å². The molecule has 4 aromatic rings. The van der Waals surface area contributed by atoms with Crippen molar-refractivity contribution in [3.8, 4) is 23.0 Å². The van der Waals surface area contributed by atoms with Crippen molar-refractivity contribution >= 4 is 23.9 Å². The predicted octanol–water partition coefficient (Wildman–Crippen LogP) is 4.25. The summed E-state index contributed by atoms with van der Waals surface area (Å²) in [6.07, 6.45) is 2.41. The Labute approximate surface area is 200 Å². The molecule has 2 aromatic carbocycles. The minimum atomic E-state index is -0.509. The summed E-state index contributed by atoms with van der Waals surface area (Å²) in [7, 11) is 0. The highest BCUT2D eigenvalue weighted by Crippen LogP contribution is 2.27. The first-order valence-electron chi connectivity index (χ1n) is 10.4. The molecule has 10 heteroatoms. The third kappa shape index (κ3) is 5.10. The van der Waals surface area contributed by atoms with Gasteiger partial charge in [-0.2, -0.15) is 4.68 Å². The van der Waals surface area contributed by atoms with Crippen LogP contribution in [0.15, 0.2) is 54.7 Å². The number of carbonyl (C=O) groups is 2. The van der Waals surface area contributed by atoms with Gasteiger partial charge in [-0.1, -0.05) is 28.9 Å². The van der Waals surface area contributed by atoms with Crippen molar-refractivity contribution in [3.05, 3.63) is 82.3 Å². The molecule has 0 bridgehead atoms. The van der Waals surface area contributed by atoms with E-state index in [0.29, 0.717) is 39.0 Å². The van der Waals surface area contributed by atoms with E-state index in [9.17, 15) is 9.59 Å². The summed E-state index contributed by atoms with van der Waals surface area (Å²) in [4.78, 5) is 32.5. The Morgan fingerprint density at radius 2 is 1.82 bits per heavy atom. The summed E-state index contributed by atoms with van der Waals surface area (Å²) in [5.41, 5.74) is 2.91. The molecule has 0 aliphatic heterocycles. The molecule has 0 aliphatic carbocycles. The quantitative estimate of drug-likeness (QED) is 0.273. The molecule has 0 N–H and O–H groups in total. The Morgan fingerprint density at radius 3 is 2.50 bits per heavy atom. The molecule has 2 heterocycles. The number of esters is 1. The van der Waals surface area contributed by atoms with E-state index >= 15 is 0 Å². The monoisotopic (exact) mass is 477 g/mol. The first kappa shape index (κ1) is 23.1. The van der Waals surface area contributed by atoms with Crippen LogP contribution in [0.5, 0.6) is 5.75 Å². The van der Waals surface area contributed by atoms with Crippen LogP contribution in [0.4, 0.5) is 0 Å². The van der Waals surface area contributed by atoms with Crippen molar-refractivity contribution in [2.45, 2.75) is 20.5 Å². The molecule has 2 aromatic heterocycles. The predicted molar refractivity (Wildman–Crippen MR) is 124 cm³/mol. The van der Waals surface area contributed by atoms with Crippen LogP contribution < -0.4 is 4.74 Å². The number of hydrogen-bond donors (Lipinski definition) is 0. The fraction of sp³-hybridized carbons (Fsp3) is 0.167. The average molecular weight is 478 g/mol. The molecule has 0 fully saturated rings. The van der Waals surface area contributed by atoms with Gasteiger partial charge in [0.05, 0.1) is 24.2 Å². The summed E-state index contributed by atoms with van der Waals surface area (Å²) in [5, 5.41) is 8.78. The molecule has 0 radical (unpaired) electrons. The lowest BCUT2D eigenvalue weighted by Gasteiger charge is -2.12. The Bertz CT molecular complexity index is 1320. The third-order valence-electron chi connectivity index (χ3n) is 4.82.